The Morgan fingerprint density at radius 2 is 1.43 bits per heavy atom. The molecule has 3 rings (SSSR count). The first-order valence-electron chi connectivity index (χ1n) is 5.35. The molecule has 0 aromatic carbocycles. The van der Waals surface area contributed by atoms with Crippen LogP contribution < -0.4 is 0 Å². The quantitative estimate of drug-likeness (QED) is 0.633. The van der Waals surface area contributed by atoms with E-state index in [9.17, 15) is 8.42 Å². The van der Waals surface area contributed by atoms with Gasteiger partial charge in [0.05, 0.1) is 11.5 Å². The predicted molar refractivity (Wildman–Crippen MR) is 59.1 cm³/mol. The van der Waals surface area contributed by atoms with E-state index in [0.717, 1.165) is 11.8 Å². The molecule has 0 spiro atoms. The lowest BCUT2D eigenvalue weighted by molar-refractivity contribution is 0.221. The Labute approximate surface area is 89.8 Å². The number of hydrogen-bond acceptors (Lipinski definition) is 3. The summed E-state index contributed by atoms with van der Waals surface area (Å²) in [6.45, 7) is 4.59. The lowest BCUT2D eigenvalue weighted by atomic mass is 9.71. The Balaban J connectivity index is 1.96. The minimum absolute atomic E-state index is 0.475. The summed E-state index contributed by atoms with van der Waals surface area (Å²) in [5.41, 5.74) is 0. The summed E-state index contributed by atoms with van der Waals surface area (Å²) in [6.07, 6.45) is 0. The van der Waals surface area contributed by atoms with E-state index in [1.165, 1.54) is 0 Å². The summed E-state index contributed by atoms with van der Waals surface area (Å²) in [4.78, 5) is 0. The van der Waals surface area contributed by atoms with E-state index < -0.39 is 9.84 Å². The van der Waals surface area contributed by atoms with Crippen LogP contribution in [0.3, 0.4) is 0 Å². The highest BCUT2D eigenvalue weighted by Gasteiger charge is 2.60. The topological polar surface area (TPSA) is 34.1 Å². The van der Waals surface area contributed by atoms with Crippen molar-refractivity contribution in [2.45, 2.75) is 24.3 Å². The van der Waals surface area contributed by atoms with Crippen molar-refractivity contribution < 1.29 is 8.42 Å². The lowest BCUT2D eigenvalue weighted by Gasteiger charge is -2.31. The number of hydrogen-bond donors (Lipinski definition) is 0. The third kappa shape index (κ3) is 1.07. The van der Waals surface area contributed by atoms with Crippen LogP contribution in [0.2, 0.25) is 0 Å². The third-order valence-electron chi connectivity index (χ3n) is 4.47. The zero-order valence-corrected chi connectivity index (χ0v) is 10.1. The van der Waals surface area contributed by atoms with Crippen LogP contribution in [-0.4, -0.2) is 30.4 Å². The Bertz CT molecular complexity index is 334. The van der Waals surface area contributed by atoms with Gasteiger partial charge < -0.3 is 0 Å². The fraction of sp³-hybridized carbons (Fsp3) is 1.00. The van der Waals surface area contributed by atoms with Crippen LogP contribution in [0.25, 0.3) is 0 Å². The standard InChI is InChI=1S/C10H16O2S2/c1-5-6(2)10-8-4-14(11,12)3-7(8)9(5)13-10/h5-10H,3-4H2,1-2H3. The highest BCUT2D eigenvalue weighted by molar-refractivity contribution is 8.01. The van der Waals surface area contributed by atoms with Crippen molar-refractivity contribution in [2.24, 2.45) is 23.7 Å². The van der Waals surface area contributed by atoms with Crippen LogP contribution in [-0.2, 0) is 9.84 Å². The van der Waals surface area contributed by atoms with Crippen molar-refractivity contribution in [3.63, 3.8) is 0 Å². The van der Waals surface area contributed by atoms with Gasteiger partial charge in [-0.3, -0.25) is 0 Å². The maximum atomic E-state index is 11.6. The summed E-state index contributed by atoms with van der Waals surface area (Å²) < 4.78 is 23.1. The van der Waals surface area contributed by atoms with Gasteiger partial charge in [-0.15, -0.1) is 0 Å². The number of sulfone groups is 1. The third-order valence-corrected chi connectivity index (χ3v) is 8.44. The monoisotopic (exact) mass is 232 g/mol. The Hall–Kier alpha value is 0.300. The summed E-state index contributed by atoms with van der Waals surface area (Å²) in [5.74, 6) is 3.37. The fourth-order valence-corrected chi connectivity index (χ4v) is 8.40. The molecule has 0 saturated carbocycles. The highest BCUT2D eigenvalue weighted by atomic mass is 32.2. The molecule has 3 aliphatic heterocycles. The molecule has 3 aliphatic rings. The summed E-state index contributed by atoms with van der Waals surface area (Å²) in [7, 11) is -2.69. The second kappa shape index (κ2) is 2.70. The van der Waals surface area contributed by atoms with Gasteiger partial charge in [0.2, 0.25) is 0 Å². The maximum Gasteiger partial charge on any atom is 0.150 e. The van der Waals surface area contributed by atoms with E-state index in [1.807, 2.05) is 0 Å². The molecule has 0 aromatic rings. The van der Waals surface area contributed by atoms with Crippen molar-refractivity contribution in [3.05, 3.63) is 0 Å². The van der Waals surface area contributed by atoms with Crippen molar-refractivity contribution in [1.29, 1.82) is 0 Å². The van der Waals surface area contributed by atoms with Crippen molar-refractivity contribution >= 4 is 21.6 Å². The highest BCUT2D eigenvalue weighted by Crippen LogP contribution is 2.60. The Morgan fingerprint density at radius 3 is 1.86 bits per heavy atom. The van der Waals surface area contributed by atoms with Gasteiger partial charge in [0.1, 0.15) is 0 Å². The number of thioether (sulfide) groups is 1. The van der Waals surface area contributed by atoms with Gasteiger partial charge in [-0.25, -0.2) is 8.42 Å². The summed E-state index contributed by atoms with van der Waals surface area (Å²) in [5, 5.41) is 1.27. The van der Waals surface area contributed by atoms with Gasteiger partial charge in [0.25, 0.3) is 0 Å². The second-order valence-corrected chi connectivity index (χ2v) is 8.70. The molecule has 80 valence electrons. The van der Waals surface area contributed by atoms with E-state index in [2.05, 4.69) is 25.6 Å². The van der Waals surface area contributed by atoms with Gasteiger partial charge in [0.15, 0.2) is 9.84 Å². The molecule has 0 radical (unpaired) electrons. The average molecular weight is 232 g/mol. The van der Waals surface area contributed by atoms with Crippen molar-refractivity contribution in [3.8, 4) is 0 Å². The molecule has 2 nitrogen and oxygen atoms in total. The van der Waals surface area contributed by atoms with E-state index in [4.69, 9.17) is 0 Å². The SMILES string of the molecule is CC1C(C)C2SC1C1CS(=O)(=O)CC12. The molecule has 3 fully saturated rings. The van der Waals surface area contributed by atoms with Gasteiger partial charge in [-0.2, -0.15) is 11.8 Å². The number of rotatable bonds is 0. The van der Waals surface area contributed by atoms with Crippen LogP contribution in [0.5, 0.6) is 0 Å². The van der Waals surface area contributed by atoms with Crippen LogP contribution in [0.1, 0.15) is 13.8 Å². The normalized spacial score (nSPS) is 59.0. The first-order chi connectivity index (χ1) is 6.49. The Kier molecular flexibility index (Phi) is 1.84. The van der Waals surface area contributed by atoms with Crippen LogP contribution in [0.15, 0.2) is 0 Å². The molecule has 6 unspecified atom stereocenters. The van der Waals surface area contributed by atoms with E-state index in [0.29, 0.717) is 33.8 Å². The van der Waals surface area contributed by atoms with E-state index >= 15 is 0 Å². The fourth-order valence-electron chi connectivity index (χ4n) is 3.59. The minimum atomic E-state index is -2.69. The average Bonchev–Trinajstić information content (AvgIpc) is 2.62. The molecule has 0 aliphatic carbocycles. The molecular weight excluding hydrogens is 216 g/mol. The van der Waals surface area contributed by atoms with Crippen LogP contribution >= 0.6 is 11.8 Å². The molecule has 0 N–H and O–H groups in total. The summed E-state index contributed by atoms with van der Waals surface area (Å²) in [6, 6.07) is 0. The zero-order valence-electron chi connectivity index (χ0n) is 8.51. The second-order valence-electron chi connectivity index (χ2n) is 5.19. The molecule has 6 atom stereocenters. The molecule has 2 bridgehead atoms. The lowest BCUT2D eigenvalue weighted by Crippen LogP contribution is -2.36. The molecular formula is C10H16O2S2. The molecule has 0 amide bonds. The van der Waals surface area contributed by atoms with E-state index in [-0.39, 0.29) is 0 Å². The first kappa shape index (κ1) is 9.52. The first-order valence-corrected chi connectivity index (χ1v) is 8.12. The van der Waals surface area contributed by atoms with Crippen LogP contribution in [0.4, 0.5) is 0 Å². The number of fused-ring (bicyclic) bond motifs is 5. The minimum Gasteiger partial charge on any atom is -0.229 e. The molecule has 14 heavy (non-hydrogen) atoms. The van der Waals surface area contributed by atoms with Gasteiger partial charge in [-0.05, 0) is 23.7 Å². The molecule has 3 saturated heterocycles. The van der Waals surface area contributed by atoms with Crippen molar-refractivity contribution in [2.75, 3.05) is 11.5 Å². The largest absolute Gasteiger partial charge is 0.229 e. The summed E-state index contributed by atoms with van der Waals surface area (Å²) >= 11 is 2.08. The molecule has 4 heteroatoms. The van der Waals surface area contributed by atoms with Gasteiger partial charge >= 0.3 is 0 Å². The van der Waals surface area contributed by atoms with E-state index in [1.54, 1.807) is 0 Å². The smallest absolute Gasteiger partial charge is 0.150 e. The predicted octanol–water partition coefficient (Wildman–Crippen LogP) is 1.42. The Morgan fingerprint density at radius 1 is 1.00 bits per heavy atom. The van der Waals surface area contributed by atoms with Crippen LogP contribution in [0, 0.1) is 23.7 Å². The molecule has 3 heterocycles. The molecule has 0 aromatic heterocycles. The zero-order chi connectivity index (χ0) is 10.1. The van der Waals surface area contributed by atoms with Gasteiger partial charge in [-0.1, -0.05) is 13.8 Å². The van der Waals surface area contributed by atoms with Crippen molar-refractivity contribution in [1.82, 2.24) is 0 Å². The van der Waals surface area contributed by atoms with Gasteiger partial charge in [0, 0.05) is 10.5 Å². The maximum absolute atomic E-state index is 11.6.